The molecule has 5 heteroatoms. The molecule has 2 unspecified atom stereocenters. The summed E-state index contributed by atoms with van der Waals surface area (Å²) in [6.07, 6.45) is 5.94. The number of halogens is 2. The van der Waals surface area contributed by atoms with E-state index < -0.39 is 11.6 Å². The van der Waals surface area contributed by atoms with Gasteiger partial charge in [0.05, 0.1) is 0 Å². The smallest absolute Gasteiger partial charge is 0.150 e. The van der Waals surface area contributed by atoms with Crippen LogP contribution in [0.3, 0.4) is 0 Å². The quantitative estimate of drug-likeness (QED) is 0.799. The third-order valence-electron chi connectivity index (χ3n) is 4.23. The third-order valence-corrected chi connectivity index (χ3v) is 4.46. The second kappa shape index (κ2) is 7.16. The van der Waals surface area contributed by atoms with Crippen molar-refractivity contribution in [1.82, 2.24) is 0 Å². The Labute approximate surface area is 130 Å². The van der Waals surface area contributed by atoms with Crippen LogP contribution in [0.25, 0.3) is 0 Å². The van der Waals surface area contributed by atoms with Crippen LogP contribution in [0.15, 0.2) is 12.1 Å². The zero-order chi connectivity index (χ0) is 15.4. The van der Waals surface area contributed by atoms with Crippen molar-refractivity contribution in [3.05, 3.63) is 29.3 Å². The highest BCUT2D eigenvalue weighted by molar-refractivity contribution is 7.80. The first-order valence-corrected chi connectivity index (χ1v) is 7.91. The van der Waals surface area contributed by atoms with Gasteiger partial charge in [0.2, 0.25) is 0 Å². The summed E-state index contributed by atoms with van der Waals surface area (Å²) in [5.74, 6) is 0.134. The molecule has 1 aromatic carbocycles. The second-order valence-corrected chi connectivity index (χ2v) is 6.47. The van der Waals surface area contributed by atoms with E-state index in [1.807, 2.05) is 0 Å². The summed E-state index contributed by atoms with van der Waals surface area (Å²) in [6, 6.07) is 2.35. The summed E-state index contributed by atoms with van der Waals surface area (Å²) in [5.41, 5.74) is 5.52. The molecule has 0 amide bonds. The number of thiocarbonyl (C=S) groups is 1. The van der Waals surface area contributed by atoms with Crippen LogP contribution in [-0.4, -0.2) is 11.5 Å². The van der Waals surface area contributed by atoms with Gasteiger partial charge in [-0.05, 0) is 36.8 Å². The molecule has 0 spiro atoms. The van der Waals surface area contributed by atoms with Crippen LogP contribution >= 0.6 is 12.2 Å². The van der Waals surface area contributed by atoms with Gasteiger partial charge in [0.1, 0.15) is 22.3 Å². The molecule has 116 valence electrons. The first-order chi connectivity index (χ1) is 9.97. The maximum Gasteiger partial charge on any atom is 0.150 e. The molecule has 0 aromatic heterocycles. The van der Waals surface area contributed by atoms with E-state index in [1.165, 1.54) is 37.8 Å². The van der Waals surface area contributed by atoms with E-state index in [9.17, 15) is 8.78 Å². The summed E-state index contributed by atoms with van der Waals surface area (Å²) >= 11 is 4.73. The molecule has 1 saturated carbocycles. The normalized spacial score (nSPS) is 22.0. The lowest BCUT2D eigenvalue weighted by atomic mass is 9.81. The van der Waals surface area contributed by atoms with Gasteiger partial charge in [-0.3, -0.25) is 0 Å². The molecule has 0 aliphatic heterocycles. The summed E-state index contributed by atoms with van der Waals surface area (Å²) in [6.45, 7) is 2.85. The van der Waals surface area contributed by atoms with Crippen LogP contribution < -0.4 is 11.1 Å². The molecule has 21 heavy (non-hydrogen) atoms. The van der Waals surface area contributed by atoms with Gasteiger partial charge in [0.15, 0.2) is 0 Å². The van der Waals surface area contributed by atoms with E-state index >= 15 is 0 Å². The molecule has 1 fully saturated rings. The van der Waals surface area contributed by atoms with E-state index in [4.69, 9.17) is 18.0 Å². The fraction of sp³-hybridized carbons (Fsp3) is 0.562. The van der Waals surface area contributed by atoms with Crippen molar-refractivity contribution in [3.8, 4) is 0 Å². The van der Waals surface area contributed by atoms with Crippen LogP contribution in [0.1, 0.15) is 44.6 Å². The number of nitrogens with two attached hydrogens (primary N) is 1. The lowest BCUT2D eigenvalue weighted by Gasteiger charge is -2.26. The Kier molecular flexibility index (Phi) is 5.51. The fourth-order valence-electron chi connectivity index (χ4n) is 3.11. The highest BCUT2D eigenvalue weighted by Gasteiger charge is 2.19. The lowest BCUT2D eigenvalue weighted by Crippen LogP contribution is -2.17. The van der Waals surface area contributed by atoms with Crippen LogP contribution in [0.2, 0.25) is 0 Å². The van der Waals surface area contributed by atoms with Gasteiger partial charge in [0, 0.05) is 12.1 Å². The third kappa shape index (κ3) is 4.37. The van der Waals surface area contributed by atoms with Crippen molar-refractivity contribution in [2.75, 3.05) is 11.9 Å². The summed E-state index contributed by atoms with van der Waals surface area (Å²) < 4.78 is 27.8. The number of hydrogen-bond donors (Lipinski definition) is 2. The lowest BCUT2D eigenvalue weighted by molar-refractivity contribution is 0.274. The van der Waals surface area contributed by atoms with Crippen molar-refractivity contribution < 1.29 is 8.78 Å². The minimum absolute atomic E-state index is 0.00413. The van der Waals surface area contributed by atoms with Crippen LogP contribution in [0.5, 0.6) is 0 Å². The molecular formula is C16H22F2N2S. The molecule has 0 bridgehead atoms. The topological polar surface area (TPSA) is 38.0 Å². The van der Waals surface area contributed by atoms with E-state index in [0.29, 0.717) is 12.5 Å². The van der Waals surface area contributed by atoms with Crippen LogP contribution in [0.4, 0.5) is 14.5 Å². The zero-order valence-electron chi connectivity index (χ0n) is 12.3. The largest absolute Gasteiger partial charge is 0.389 e. The Balaban J connectivity index is 1.92. The standard InChI is InChI=1S/C16H22F2N2S/c1-10-3-2-4-11(7-10)5-6-20-15-13(17)8-12(16(19)21)9-14(15)18/h8-11,20H,2-7H2,1H3,(H2,19,21). The highest BCUT2D eigenvalue weighted by Crippen LogP contribution is 2.31. The minimum Gasteiger partial charge on any atom is -0.389 e. The Bertz CT molecular complexity index is 496. The Hall–Kier alpha value is -1.23. The zero-order valence-corrected chi connectivity index (χ0v) is 13.1. The Morgan fingerprint density at radius 2 is 2.00 bits per heavy atom. The van der Waals surface area contributed by atoms with Gasteiger partial charge >= 0.3 is 0 Å². The molecule has 1 aliphatic rings. The van der Waals surface area contributed by atoms with E-state index in [-0.39, 0.29) is 16.2 Å². The van der Waals surface area contributed by atoms with Crippen LogP contribution in [0, 0.1) is 23.5 Å². The average molecular weight is 312 g/mol. The number of nitrogens with one attached hydrogen (secondary N) is 1. The number of hydrogen-bond acceptors (Lipinski definition) is 2. The Morgan fingerprint density at radius 3 is 2.57 bits per heavy atom. The van der Waals surface area contributed by atoms with Gasteiger partial charge in [-0.1, -0.05) is 38.4 Å². The van der Waals surface area contributed by atoms with Crippen molar-refractivity contribution >= 4 is 22.9 Å². The molecule has 1 aliphatic carbocycles. The monoisotopic (exact) mass is 312 g/mol. The van der Waals surface area contributed by atoms with Crippen LogP contribution in [-0.2, 0) is 0 Å². The molecule has 3 N–H and O–H groups in total. The summed E-state index contributed by atoms with van der Waals surface area (Å²) in [4.78, 5) is -0.00413. The number of benzene rings is 1. The van der Waals surface area contributed by atoms with Crippen molar-refractivity contribution in [2.45, 2.75) is 39.0 Å². The molecule has 2 rings (SSSR count). The predicted molar refractivity (Wildman–Crippen MR) is 86.5 cm³/mol. The van der Waals surface area contributed by atoms with E-state index in [0.717, 1.165) is 12.3 Å². The van der Waals surface area contributed by atoms with Gasteiger partial charge in [-0.25, -0.2) is 8.78 Å². The fourth-order valence-corrected chi connectivity index (χ4v) is 3.23. The molecule has 1 aromatic rings. The first kappa shape index (κ1) is 16.1. The van der Waals surface area contributed by atoms with Gasteiger partial charge < -0.3 is 11.1 Å². The van der Waals surface area contributed by atoms with Crippen molar-refractivity contribution in [1.29, 1.82) is 0 Å². The van der Waals surface area contributed by atoms with Gasteiger partial charge in [-0.2, -0.15) is 0 Å². The van der Waals surface area contributed by atoms with Crippen molar-refractivity contribution in [2.24, 2.45) is 17.6 Å². The molecule has 2 nitrogen and oxygen atoms in total. The summed E-state index contributed by atoms with van der Waals surface area (Å²) in [7, 11) is 0. The predicted octanol–water partition coefficient (Wildman–Crippen LogP) is 4.23. The first-order valence-electron chi connectivity index (χ1n) is 7.50. The average Bonchev–Trinajstić information content (AvgIpc) is 2.41. The highest BCUT2D eigenvalue weighted by atomic mass is 32.1. The number of rotatable bonds is 5. The Morgan fingerprint density at radius 1 is 1.33 bits per heavy atom. The summed E-state index contributed by atoms with van der Waals surface area (Å²) in [5, 5.41) is 2.88. The van der Waals surface area contributed by atoms with E-state index in [2.05, 4.69) is 12.2 Å². The molecule has 0 heterocycles. The molecular weight excluding hydrogens is 290 g/mol. The van der Waals surface area contributed by atoms with E-state index in [1.54, 1.807) is 0 Å². The molecule has 0 saturated heterocycles. The minimum atomic E-state index is -0.644. The van der Waals surface area contributed by atoms with Gasteiger partial charge in [-0.15, -0.1) is 0 Å². The maximum absolute atomic E-state index is 13.9. The molecule has 0 radical (unpaired) electrons. The second-order valence-electron chi connectivity index (χ2n) is 6.03. The van der Waals surface area contributed by atoms with Gasteiger partial charge in [0.25, 0.3) is 0 Å². The SMILES string of the molecule is CC1CCCC(CCNc2c(F)cc(C(N)=S)cc2F)C1. The maximum atomic E-state index is 13.9. The molecule has 2 atom stereocenters. The van der Waals surface area contributed by atoms with Crippen molar-refractivity contribution in [3.63, 3.8) is 0 Å². The number of anilines is 1.